The lowest BCUT2D eigenvalue weighted by molar-refractivity contribution is 0.0561. The second-order valence-corrected chi connectivity index (χ2v) is 4.08. The minimum Gasteiger partial charge on any atom is -0.355 e. The number of aromatic nitrogens is 2. The van der Waals surface area contributed by atoms with Crippen molar-refractivity contribution < 1.29 is 4.74 Å². The number of nitrogens with zero attached hydrogens (tertiary/aromatic N) is 2. The predicted octanol–water partition coefficient (Wildman–Crippen LogP) is 2.82. The zero-order valence-corrected chi connectivity index (χ0v) is 9.72. The highest BCUT2D eigenvalue weighted by molar-refractivity contribution is 9.10. The van der Waals surface area contributed by atoms with Gasteiger partial charge in [-0.2, -0.15) is 5.10 Å². The third kappa shape index (κ3) is 3.18. The SMILES string of the molecule is Brc1cnn(COCc2ccccc2)c1. The van der Waals surface area contributed by atoms with Crippen molar-refractivity contribution in [2.75, 3.05) is 0 Å². The Balaban J connectivity index is 1.80. The van der Waals surface area contributed by atoms with E-state index in [9.17, 15) is 0 Å². The van der Waals surface area contributed by atoms with Crippen LogP contribution in [0.25, 0.3) is 0 Å². The molecule has 0 amide bonds. The molecule has 0 fully saturated rings. The van der Waals surface area contributed by atoms with Gasteiger partial charge in [0.05, 0.1) is 17.3 Å². The molecule has 0 N–H and O–H groups in total. The van der Waals surface area contributed by atoms with Crippen molar-refractivity contribution >= 4 is 15.9 Å². The summed E-state index contributed by atoms with van der Waals surface area (Å²) in [5, 5.41) is 4.09. The van der Waals surface area contributed by atoms with Gasteiger partial charge in [0.2, 0.25) is 0 Å². The third-order valence-electron chi connectivity index (χ3n) is 1.94. The van der Waals surface area contributed by atoms with Gasteiger partial charge in [-0.1, -0.05) is 30.3 Å². The fourth-order valence-corrected chi connectivity index (χ4v) is 1.57. The minimum absolute atomic E-state index is 0.473. The molecule has 78 valence electrons. The Hall–Kier alpha value is -1.13. The van der Waals surface area contributed by atoms with Crippen molar-refractivity contribution in [2.45, 2.75) is 13.3 Å². The van der Waals surface area contributed by atoms with Crippen molar-refractivity contribution in [1.29, 1.82) is 0 Å². The molecule has 1 aromatic heterocycles. The van der Waals surface area contributed by atoms with E-state index >= 15 is 0 Å². The molecule has 0 aliphatic rings. The predicted molar refractivity (Wildman–Crippen MR) is 61.2 cm³/mol. The Morgan fingerprint density at radius 3 is 2.73 bits per heavy atom. The van der Waals surface area contributed by atoms with Gasteiger partial charge in [0.1, 0.15) is 6.73 Å². The van der Waals surface area contributed by atoms with E-state index in [1.54, 1.807) is 10.9 Å². The molecule has 2 aromatic rings. The van der Waals surface area contributed by atoms with Gasteiger partial charge < -0.3 is 4.74 Å². The fraction of sp³-hybridized carbons (Fsp3) is 0.182. The number of rotatable bonds is 4. The van der Waals surface area contributed by atoms with Crippen molar-refractivity contribution in [1.82, 2.24) is 9.78 Å². The van der Waals surface area contributed by atoms with Crippen LogP contribution < -0.4 is 0 Å². The van der Waals surface area contributed by atoms with Crippen LogP contribution in [0.3, 0.4) is 0 Å². The van der Waals surface area contributed by atoms with Gasteiger partial charge in [-0.3, -0.25) is 0 Å². The highest BCUT2D eigenvalue weighted by atomic mass is 79.9. The second kappa shape index (κ2) is 5.09. The van der Waals surface area contributed by atoms with Crippen LogP contribution in [0.1, 0.15) is 5.56 Å². The molecule has 1 heterocycles. The van der Waals surface area contributed by atoms with Crippen LogP contribution in [0.15, 0.2) is 47.2 Å². The van der Waals surface area contributed by atoms with Crippen molar-refractivity contribution in [3.8, 4) is 0 Å². The topological polar surface area (TPSA) is 27.1 Å². The van der Waals surface area contributed by atoms with E-state index < -0.39 is 0 Å². The summed E-state index contributed by atoms with van der Waals surface area (Å²) in [5.41, 5.74) is 1.17. The number of halogens is 1. The van der Waals surface area contributed by atoms with Crippen LogP contribution in [0.4, 0.5) is 0 Å². The van der Waals surface area contributed by atoms with Crippen LogP contribution in [0.5, 0.6) is 0 Å². The van der Waals surface area contributed by atoms with Crippen molar-refractivity contribution in [3.05, 3.63) is 52.8 Å². The standard InChI is InChI=1S/C11H11BrN2O/c12-11-6-13-14(7-11)9-15-8-10-4-2-1-3-5-10/h1-7H,8-9H2. The molecule has 3 nitrogen and oxygen atoms in total. The van der Waals surface area contributed by atoms with Gasteiger partial charge in [-0.05, 0) is 21.5 Å². The average molecular weight is 267 g/mol. The molecular formula is C11H11BrN2O. The lowest BCUT2D eigenvalue weighted by atomic mass is 10.2. The minimum atomic E-state index is 0.473. The maximum absolute atomic E-state index is 5.50. The fourth-order valence-electron chi connectivity index (χ4n) is 1.24. The Morgan fingerprint density at radius 2 is 2.07 bits per heavy atom. The highest BCUT2D eigenvalue weighted by Crippen LogP contribution is 2.07. The summed E-state index contributed by atoms with van der Waals surface area (Å²) in [6, 6.07) is 10.1. The van der Waals surface area contributed by atoms with Crippen LogP contribution >= 0.6 is 15.9 Å². The lowest BCUT2D eigenvalue weighted by Gasteiger charge is -2.03. The summed E-state index contributed by atoms with van der Waals surface area (Å²) in [6.07, 6.45) is 3.62. The summed E-state index contributed by atoms with van der Waals surface area (Å²) >= 11 is 3.33. The molecule has 0 unspecified atom stereocenters. The quantitative estimate of drug-likeness (QED) is 0.851. The van der Waals surface area contributed by atoms with Crippen molar-refractivity contribution in [2.24, 2.45) is 0 Å². The summed E-state index contributed by atoms with van der Waals surface area (Å²) in [7, 11) is 0. The van der Waals surface area contributed by atoms with E-state index in [4.69, 9.17) is 4.74 Å². The zero-order chi connectivity index (χ0) is 10.5. The maximum atomic E-state index is 5.50. The van der Waals surface area contributed by atoms with Crippen LogP contribution in [-0.2, 0) is 18.1 Å². The van der Waals surface area contributed by atoms with Gasteiger partial charge >= 0.3 is 0 Å². The average Bonchev–Trinajstić information content (AvgIpc) is 2.66. The van der Waals surface area contributed by atoms with E-state index in [0.29, 0.717) is 13.3 Å². The number of hydrogen-bond donors (Lipinski definition) is 0. The molecule has 0 radical (unpaired) electrons. The van der Waals surface area contributed by atoms with Crippen LogP contribution in [0.2, 0.25) is 0 Å². The molecule has 0 bridgehead atoms. The monoisotopic (exact) mass is 266 g/mol. The molecular weight excluding hydrogens is 256 g/mol. The maximum Gasteiger partial charge on any atom is 0.139 e. The Bertz CT molecular complexity index is 414. The summed E-state index contributed by atoms with van der Waals surface area (Å²) < 4.78 is 8.21. The highest BCUT2D eigenvalue weighted by Gasteiger charge is 1.95. The van der Waals surface area contributed by atoms with Crippen molar-refractivity contribution in [3.63, 3.8) is 0 Å². The molecule has 0 aliphatic carbocycles. The number of benzene rings is 1. The lowest BCUT2D eigenvalue weighted by Crippen LogP contribution is -2.02. The molecule has 0 spiro atoms. The number of ether oxygens (including phenoxy) is 1. The van der Waals surface area contributed by atoms with Gasteiger partial charge in [-0.15, -0.1) is 0 Å². The third-order valence-corrected chi connectivity index (χ3v) is 2.35. The number of hydrogen-bond acceptors (Lipinski definition) is 2. The first-order chi connectivity index (χ1) is 7.34. The first-order valence-corrected chi connectivity index (χ1v) is 5.43. The van der Waals surface area contributed by atoms with Crippen LogP contribution in [0, 0.1) is 0 Å². The van der Waals surface area contributed by atoms with E-state index in [-0.39, 0.29) is 0 Å². The Labute approximate surface area is 96.8 Å². The van der Waals surface area contributed by atoms with E-state index in [1.807, 2.05) is 36.5 Å². The second-order valence-electron chi connectivity index (χ2n) is 3.16. The molecule has 1 aromatic carbocycles. The normalized spacial score (nSPS) is 10.5. The Kier molecular flexibility index (Phi) is 3.53. The first-order valence-electron chi connectivity index (χ1n) is 4.64. The largest absolute Gasteiger partial charge is 0.355 e. The van der Waals surface area contributed by atoms with Crippen LogP contribution in [-0.4, -0.2) is 9.78 Å². The molecule has 15 heavy (non-hydrogen) atoms. The summed E-state index contributed by atoms with van der Waals surface area (Å²) in [6.45, 7) is 1.08. The molecule has 0 aliphatic heterocycles. The summed E-state index contributed by atoms with van der Waals surface area (Å²) in [4.78, 5) is 0. The van der Waals surface area contributed by atoms with E-state index in [2.05, 4.69) is 21.0 Å². The van der Waals surface area contributed by atoms with Gasteiger partial charge in [0, 0.05) is 6.20 Å². The first kappa shape index (κ1) is 10.4. The molecule has 0 saturated carbocycles. The van der Waals surface area contributed by atoms with Gasteiger partial charge in [-0.25, -0.2) is 4.68 Å². The van der Waals surface area contributed by atoms with Gasteiger partial charge in [0.25, 0.3) is 0 Å². The zero-order valence-electron chi connectivity index (χ0n) is 8.14. The van der Waals surface area contributed by atoms with Gasteiger partial charge in [0.15, 0.2) is 0 Å². The smallest absolute Gasteiger partial charge is 0.139 e. The van der Waals surface area contributed by atoms with E-state index in [1.165, 1.54) is 5.56 Å². The molecule has 4 heteroatoms. The molecule has 0 saturated heterocycles. The van der Waals surface area contributed by atoms with E-state index in [0.717, 1.165) is 4.47 Å². The summed E-state index contributed by atoms with van der Waals surface area (Å²) in [5.74, 6) is 0. The molecule has 2 rings (SSSR count). The Morgan fingerprint density at radius 1 is 1.27 bits per heavy atom. The molecule has 0 atom stereocenters.